The fraction of sp³-hybridized carbons (Fsp3) is 0.688. The van der Waals surface area contributed by atoms with Gasteiger partial charge in [-0.15, -0.1) is 0 Å². The predicted octanol–water partition coefficient (Wildman–Crippen LogP) is 1.81. The fourth-order valence-corrected chi connectivity index (χ4v) is 2.90. The van der Waals surface area contributed by atoms with Crippen LogP contribution < -0.4 is 5.32 Å². The predicted molar refractivity (Wildman–Crippen MR) is 81.1 cm³/mol. The molecule has 1 aromatic rings. The van der Waals surface area contributed by atoms with E-state index in [2.05, 4.69) is 41.0 Å². The SMILES string of the molecule is CC1CN(C(C)C)CC1NC(=O)c1cnc(C2CC2)cn1. The van der Waals surface area contributed by atoms with Gasteiger partial charge < -0.3 is 5.32 Å². The number of nitrogens with one attached hydrogen (secondary N) is 1. The molecule has 1 aliphatic carbocycles. The van der Waals surface area contributed by atoms with Crippen LogP contribution in [0.4, 0.5) is 0 Å². The van der Waals surface area contributed by atoms with E-state index < -0.39 is 0 Å². The van der Waals surface area contributed by atoms with Gasteiger partial charge in [0.1, 0.15) is 5.69 Å². The van der Waals surface area contributed by atoms with E-state index in [4.69, 9.17) is 0 Å². The molecule has 1 saturated heterocycles. The van der Waals surface area contributed by atoms with E-state index in [1.54, 1.807) is 12.4 Å². The summed E-state index contributed by atoms with van der Waals surface area (Å²) < 4.78 is 0. The van der Waals surface area contributed by atoms with Crippen molar-refractivity contribution < 1.29 is 4.79 Å². The van der Waals surface area contributed by atoms with Gasteiger partial charge in [0.15, 0.2) is 0 Å². The van der Waals surface area contributed by atoms with Gasteiger partial charge in [-0.25, -0.2) is 4.98 Å². The van der Waals surface area contributed by atoms with Crippen molar-refractivity contribution in [3.05, 3.63) is 23.8 Å². The second kappa shape index (κ2) is 5.72. The van der Waals surface area contributed by atoms with Crippen molar-refractivity contribution in [2.45, 2.75) is 51.6 Å². The summed E-state index contributed by atoms with van der Waals surface area (Å²) in [5, 5.41) is 3.11. The monoisotopic (exact) mass is 288 g/mol. The molecule has 1 aliphatic heterocycles. The van der Waals surface area contributed by atoms with E-state index in [1.807, 2.05) is 0 Å². The summed E-state index contributed by atoms with van der Waals surface area (Å²) >= 11 is 0. The van der Waals surface area contributed by atoms with Crippen molar-refractivity contribution in [1.29, 1.82) is 0 Å². The van der Waals surface area contributed by atoms with Crippen molar-refractivity contribution in [1.82, 2.24) is 20.2 Å². The van der Waals surface area contributed by atoms with E-state index in [0.29, 0.717) is 23.6 Å². The number of likely N-dealkylation sites (tertiary alicyclic amines) is 1. The molecule has 1 N–H and O–H groups in total. The van der Waals surface area contributed by atoms with Crippen molar-refractivity contribution in [2.75, 3.05) is 13.1 Å². The molecule has 0 aromatic carbocycles. The number of nitrogens with zero attached hydrogens (tertiary/aromatic N) is 3. The van der Waals surface area contributed by atoms with Gasteiger partial charge in [-0.05, 0) is 32.6 Å². The maximum atomic E-state index is 12.3. The lowest BCUT2D eigenvalue weighted by molar-refractivity contribution is 0.0925. The van der Waals surface area contributed by atoms with Crippen molar-refractivity contribution >= 4 is 5.91 Å². The Morgan fingerprint density at radius 2 is 2.05 bits per heavy atom. The van der Waals surface area contributed by atoms with Crippen LogP contribution in [0.2, 0.25) is 0 Å². The quantitative estimate of drug-likeness (QED) is 0.918. The largest absolute Gasteiger partial charge is 0.346 e. The third-order valence-electron chi connectivity index (χ3n) is 4.59. The lowest BCUT2D eigenvalue weighted by Crippen LogP contribution is -2.40. The Morgan fingerprint density at radius 3 is 2.57 bits per heavy atom. The third kappa shape index (κ3) is 3.23. The Labute approximate surface area is 126 Å². The Balaban J connectivity index is 1.60. The molecule has 114 valence electrons. The number of carbonyl (C=O) groups is 1. The second-order valence-electron chi connectivity index (χ2n) is 6.71. The molecule has 1 aromatic heterocycles. The number of rotatable bonds is 4. The van der Waals surface area contributed by atoms with Crippen LogP contribution in [0.3, 0.4) is 0 Å². The zero-order valence-electron chi connectivity index (χ0n) is 13.0. The highest BCUT2D eigenvalue weighted by atomic mass is 16.2. The topological polar surface area (TPSA) is 58.1 Å². The van der Waals surface area contributed by atoms with Gasteiger partial charge in [-0.3, -0.25) is 14.7 Å². The molecule has 1 amide bonds. The molecule has 5 nitrogen and oxygen atoms in total. The van der Waals surface area contributed by atoms with Crippen LogP contribution in [0.15, 0.2) is 12.4 Å². The standard InChI is InChI=1S/C16H24N4O/c1-10(2)20-8-11(3)15(9-20)19-16(21)14-7-17-13(6-18-14)12-4-5-12/h6-7,10-12,15H,4-5,8-9H2,1-3H3,(H,19,21). The summed E-state index contributed by atoms with van der Waals surface area (Å²) in [7, 11) is 0. The summed E-state index contributed by atoms with van der Waals surface area (Å²) in [4.78, 5) is 23.3. The van der Waals surface area contributed by atoms with E-state index in [0.717, 1.165) is 18.8 Å². The number of hydrogen-bond donors (Lipinski definition) is 1. The van der Waals surface area contributed by atoms with E-state index in [9.17, 15) is 4.79 Å². The molecule has 0 radical (unpaired) electrons. The van der Waals surface area contributed by atoms with Crippen LogP contribution in [0.25, 0.3) is 0 Å². The highest BCUT2D eigenvalue weighted by molar-refractivity contribution is 5.92. The molecule has 0 bridgehead atoms. The van der Waals surface area contributed by atoms with Gasteiger partial charge in [0.25, 0.3) is 5.91 Å². The molecule has 3 rings (SSSR count). The molecule has 0 spiro atoms. The first-order chi connectivity index (χ1) is 10.0. The van der Waals surface area contributed by atoms with Crippen molar-refractivity contribution in [3.63, 3.8) is 0 Å². The molecule has 2 aliphatic rings. The minimum Gasteiger partial charge on any atom is -0.346 e. The second-order valence-corrected chi connectivity index (χ2v) is 6.71. The van der Waals surface area contributed by atoms with Crippen LogP contribution in [-0.4, -0.2) is 45.9 Å². The van der Waals surface area contributed by atoms with Crippen molar-refractivity contribution in [2.24, 2.45) is 5.92 Å². The lowest BCUT2D eigenvalue weighted by Gasteiger charge is -2.20. The van der Waals surface area contributed by atoms with E-state index in [1.165, 1.54) is 12.8 Å². The molecule has 1 saturated carbocycles. The molecule has 2 fully saturated rings. The zero-order chi connectivity index (χ0) is 15.0. The van der Waals surface area contributed by atoms with Crippen LogP contribution in [-0.2, 0) is 0 Å². The summed E-state index contributed by atoms with van der Waals surface area (Å²) in [5.41, 5.74) is 1.45. The maximum Gasteiger partial charge on any atom is 0.271 e. The summed E-state index contributed by atoms with van der Waals surface area (Å²) in [6.07, 6.45) is 5.77. The fourth-order valence-electron chi connectivity index (χ4n) is 2.90. The van der Waals surface area contributed by atoms with Crippen LogP contribution in [0.5, 0.6) is 0 Å². The minimum atomic E-state index is -0.104. The normalized spacial score (nSPS) is 26.3. The summed E-state index contributed by atoms with van der Waals surface area (Å²) in [5.74, 6) is 0.936. The number of carbonyl (C=O) groups excluding carboxylic acids is 1. The van der Waals surface area contributed by atoms with Crippen molar-refractivity contribution in [3.8, 4) is 0 Å². The first-order valence-electron chi connectivity index (χ1n) is 7.91. The van der Waals surface area contributed by atoms with Gasteiger partial charge in [0, 0.05) is 37.3 Å². The van der Waals surface area contributed by atoms with E-state index >= 15 is 0 Å². The highest BCUT2D eigenvalue weighted by Gasteiger charge is 2.32. The number of aromatic nitrogens is 2. The molecule has 2 unspecified atom stereocenters. The van der Waals surface area contributed by atoms with Gasteiger partial charge in [0.05, 0.1) is 11.9 Å². The Bertz CT molecular complexity index is 510. The summed E-state index contributed by atoms with van der Waals surface area (Å²) in [6.45, 7) is 8.53. The van der Waals surface area contributed by atoms with Gasteiger partial charge >= 0.3 is 0 Å². The molecule has 21 heavy (non-hydrogen) atoms. The maximum absolute atomic E-state index is 12.3. The molecule has 2 heterocycles. The molecule has 5 heteroatoms. The number of hydrogen-bond acceptors (Lipinski definition) is 4. The Kier molecular flexibility index (Phi) is 3.93. The van der Waals surface area contributed by atoms with Crippen LogP contribution in [0, 0.1) is 5.92 Å². The molecule has 2 atom stereocenters. The third-order valence-corrected chi connectivity index (χ3v) is 4.59. The molecular formula is C16H24N4O. The first kappa shape index (κ1) is 14.4. The smallest absolute Gasteiger partial charge is 0.271 e. The van der Waals surface area contributed by atoms with Gasteiger partial charge in [-0.2, -0.15) is 0 Å². The van der Waals surface area contributed by atoms with Crippen LogP contribution in [0.1, 0.15) is 55.7 Å². The Morgan fingerprint density at radius 1 is 1.29 bits per heavy atom. The Hall–Kier alpha value is -1.49. The lowest BCUT2D eigenvalue weighted by atomic mass is 10.1. The average Bonchev–Trinajstić information content (AvgIpc) is 3.24. The van der Waals surface area contributed by atoms with E-state index in [-0.39, 0.29) is 11.9 Å². The molecular weight excluding hydrogens is 264 g/mol. The average molecular weight is 288 g/mol. The van der Waals surface area contributed by atoms with Crippen LogP contribution >= 0.6 is 0 Å². The first-order valence-corrected chi connectivity index (χ1v) is 7.91. The zero-order valence-corrected chi connectivity index (χ0v) is 13.0. The van der Waals surface area contributed by atoms with Gasteiger partial charge in [0.2, 0.25) is 0 Å². The highest BCUT2D eigenvalue weighted by Crippen LogP contribution is 2.38. The summed E-state index contributed by atoms with van der Waals surface area (Å²) in [6, 6.07) is 0.719. The number of amides is 1. The van der Waals surface area contributed by atoms with Gasteiger partial charge in [-0.1, -0.05) is 6.92 Å². The minimum absolute atomic E-state index is 0.104.